The van der Waals surface area contributed by atoms with Crippen LogP contribution in [0.2, 0.25) is 0 Å². The van der Waals surface area contributed by atoms with Crippen LogP contribution >= 0.6 is 0 Å². The standard InChI is InChI=1S/C16H15N7O/c1-9-4-3-5-18-11(9)8-12-20-14-10(2)13(15-19-6-7-24-15)21-16(17)23(14)22-12/h3-7H,8H2,1-2H3,(H2,17,21). The smallest absolute Gasteiger partial charge is 0.245 e. The number of nitrogens with two attached hydrogens (primary N) is 1. The van der Waals surface area contributed by atoms with Gasteiger partial charge in [0.05, 0.1) is 18.3 Å². The third kappa shape index (κ3) is 2.28. The van der Waals surface area contributed by atoms with Gasteiger partial charge in [0, 0.05) is 11.8 Å². The molecule has 0 aliphatic carbocycles. The van der Waals surface area contributed by atoms with E-state index in [1.165, 1.54) is 10.8 Å². The highest BCUT2D eigenvalue weighted by molar-refractivity contribution is 5.65. The zero-order valence-electron chi connectivity index (χ0n) is 13.3. The second-order valence-corrected chi connectivity index (χ2v) is 5.49. The van der Waals surface area contributed by atoms with Crippen LogP contribution in [0.25, 0.3) is 17.2 Å². The Morgan fingerprint density at radius 3 is 2.79 bits per heavy atom. The Labute approximate surface area is 137 Å². The lowest BCUT2D eigenvalue weighted by Gasteiger charge is -2.04. The largest absolute Gasteiger partial charge is 0.443 e. The van der Waals surface area contributed by atoms with Crippen molar-refractivity contribution >= 4 is 11.6 Å². The van der Waals surface area contributed by atoms with Crippen LogP contribution in [0.1, 0.15) is 22.6 Å². The van der Waals surface area contributed by atoms with E-state index in [1.807, 2.05) is 26.0 Å². The van der Waals surface area contributed by atoms with E-state index >= 15 is 0 Å². The summed E-state index contributed by atoms with van der Waals surface area (Å²) in [5.74, 6) is 1.28. The van der Waals surface area contributed by atoms with E-state index in [4.69, 9.17) is 10.2 Å². The first kappa shape index (κ1) is 14.3. The van der Waals surface area contributed by atoms with Crippen LogP contribution in [0.4, 0.5) is 5.95 Å². The van der Waals surface area contributed by atoms with Crippen LogP contribution in [-0.4, -0.2) is 29.5 Å². The Balaban J connectivity index is 1.82. The van der Waals surface area contributed by atoms with Crippen LogP contribution in [-0.2, 0) is 6.42 Å². The first-order chi connectivity index (χ1) is 11.6. The van der Waals surface area contributed by atoms with Gasteiger partial charge in [-0.15, -0.1) is 5.10 Å². The van der Waals surface area contributed by atoms with Crippen LogP contribution in [0, 0.1) is 13.8 Å². The Morgan fingerprint density at radius 1 is 1.17 bits per heavy atom. The van der Waals surface area contributed by atoms with Crippen molar-refractivity contribution in [3.05, 3.63) is 53.4 Å². The number of rotatable bonds is 3. The zero-order valence-corrected chi connectivity index (χ0v) is 13.3. The third-order valence-electron chi connectivity index (χ3n) is 3.86. The van der Waals surface area contributed by atoms with E-state index < -0.39 is 0 Å². The van der Waals surface area contributed by atoms with Crippen LogP contribution in [0.15, 0.2) is 35.2 Å². The minimum atomic E-state index is 0.236. The van der Waals surface area contributed by atoms with Gasteiger partial charge in [-0.1, -0.05) is 6.07 Å². The first-order valence-corrected chi connectivity index (χ1v) is 7.45. The van der Waals surface area contributed by atoms with E-state index in [0.29, 0.717) is 29.5 Å². The van der Waals surface area contributed by atoms with E-state index in [0.717, 1.165) is 16.8 Å². The third-order valence-corrected chi connectivity index (χ3v) is 3.86. The molecular formula is C16H15N7O. The van der Waals surface area contributed by atoms with Crippen molar-refractivity contribution in [2.45, 2.75) is 20.3 Å². The molecule has 24 heavy (non-hydrogen) atoms. The molecule has 0 saturated heterocycles. The fourth-order valence-corrected chi connectivity index (χ4v) is 2.59. The molecule has 0 aromatic carbocycles. The highest BCUT2D eigenvalue weighted by Crippen LogP contribution is 2.24. The molecule has 0 atom stereocenters. The molecule has 0 aliphatic rings. The lowest BCUT2D eigenvalue weighted by atomic mass is 10.1. The summed E-state index contributed by atoms with van der Waals surface area (Å²) in [5.41, 5.74) is 10.1. The van der Waals surface area contributed by atoms with Crippen molar-refractivity contribution in [3.8, 4) is 11.6 Å². The van der Waals surface area contributed by atoms with E-state index in [9.17, 15) is 0 Å². The number of anilines is 1. The number of pyridine rings is 1. The minimum Gasteiger partial charge on any atom is -0.443 e. The predicted molar refractivity (Wildman–Crippen MR) is 87.2 cm³/mol. The number of nitrogen functional groups attached to an aromatic ring is 1. The molecule has 2 N–H and O–H groups in total. The van der Waals surface area contributed by atoms with Gasteiger partial charge < -0.3 is 10.2 Å². The molecule has 0 spiro atoms. The average Bonchev–Trinajstić information content (AvgIpc) is 3.23. The SMILES string of the molecule is Cc1cccnc1Cc1nc2c(C)c(-c3ncco3)nc(N)n2n1. The summed E-state index contributed by atoms with van der Waals surface area (Å²) < 4.78 is 6.86. The molecule has 4 heterocycles. The molecule has 0 unspecified atom stereocenters. The topological polar surface area (TPSA) is 108 Å². The van der Waals surface area contributed by atoms with Crippen molar-refractivity contribution in [2.24, 2.45) is 0 Å². The zero-order chi connectivity index (χ0) is 16.7. The second kappa shape index (κ2) is 5.41. The average molecular weight is 321 g/mol. The van der Waals surface area contributed by atoms with Crippen molar-refractivity contribution in [2.75, 3.05) is 5.73 Å². The summed E-state index contributed by atoms with van der Waals surface area (Å²) in [4.78, 5) is 17.5. The summed E-state index contributed by atoms with van der Waals surface area (Å²) >= 11 is 0. The van der Waals surface area contributed by atoms with Gasteiger partial charge in [-0.2, -0.15) is 4.52 Å². The minimum absolute atomic E-state index is 0.236. The maximum atomic E-state index is 6.03. The van der Waals surface area contributed by atoms with Crippen molar-refractivity contribution < 1.29 is 4.42 Å². The lowest BCUT2D eigenvalue weighted by Crippen LogP contribution is -2.06. The van der Waals surface area contributed by atoms with Crippen LogP contribution in [0.3, 0.4) is 0 Å². The summed E-state index contributed by atoms with van der Waals surface area (Å²) in [5, 5.41) is 4.46. The van der Waals surface area contributed by atoms with Crippen molar-refractivity contribution in [3.63, 3.8) is 0 Å². The number of hydrogen-bond acceptors (Lipinski definition) is 7. The predicted octanol–water partition coefficient (Wildman–Crippen LogP) is 1.96. The molecule has 8 heteroatoms. The Bertz CT molecular complexity index is 1020. The lowest BCUT2D eigenvalue weighted by molar-refractivity contribution is 0.571. The van der Waals surface area contributed by atoms with Gasteiger partial charge in [0.1, 0.15) is 12.0 Å². The van der Waals surface area contributed by atoms with Gasteiger partial charge in [0.25, 0.3) is 0 Å². The second-order valence-electron chi connectivity index (χ2n) is 5.49. The molecule has 4 aromatic heterocycles. The van der Waals surface area contributed by atoms with Gasteiger partial charge in [-0.25, -0.2) is 15.0 Å². The molecule has 0 aliphatic heterocycles. The quantitative estimate of drug-likeness (QED) is 0.614. The summed E-state index contributed by atoms with van der Waals surface area (Å²) in [6.07, 6.45) is 5.35. The highest BCUT2D eigenvalue weighted by Gasteiger charge is 2.18. The number of hydrogen-bond donors (Lipinski definition) is 1. The molecule has 4 aromatic rings. The molecule has 0 bridgehead atoms. The normalized spacial score (nSPS) is 11.2. The number of aryl methyl sites for hydroxylation is 2. The first-order valence-electron chi connectivity index (χ1n) is 7.45. The maximum absolute atomic E-state index is 6.03. The number of oxazole rings is 1. The Hall–Kier alpha value is -3.29. The molecule has 0 fully saturated rings. The van der Waals surface area contributed by atoms with Gasteiger partial charge in [-0.3, -0.25) is 4.98 Å². The van der Waals surface area contributed by atoms with E-state index in [2.05, 4.69) is 25.0 Å². The molecule has 0 saturated carbocycles. The molecule has 0 amide bonds. The molecular weight excluding hydrogens is 306 g/mol. The maximum Gasteiger partial charge on any atom is 0.245 e. The number of aromatic nitrogens is 6. The van der Waals surface area contributed by atoms with E-state index in [1.54, 1.807) is 12.4 Å². The summed E-state index contributed by atoms with van der Waals surface area (Å²) in [6.45, 7) is 3.91. The fraction of sp³-hybridized carbons (Fsp3) is 0.188. The highest BCUT2D eigenvalue weighted by atomic mass is 16.3. The fourth-order valence-electron chi connectivity index (χ4n) is 2.59. The van der Waals surface area contributed by atoms with Crippen molar-refractivity contribution in [1.82, 2.24) is 29.5 Å². The Morgan fingerprint density at radius 2 is 2.04 bits per heavy atom. The monoisotopic (exact) mass is 321 g/mol. The molecule has 0 radical (unpaired) electrons. The van der Waals surface area contributed by atoms with Crippen LogP contribution < -0.4 is 5.73 Å². The van der Waals surface area contributed by atoms with Gasteiger partial charge in [0.15, 0.2) is 11.5 Å². The number of nitrogens with zero attached hydrogens (tertiary/aromatic N) is 6. The van der Waals surface area contributed by atoms with Crippen molar-refractivity contribution in [1.29, 1.82) is 0 Å². The molecule has 4 rings (SSSR count). The summed E-state index contributed by atoms with van der Waals surface area (Å²) in [7, 11) is 0. The Kier molecular flexibility index (Phi) is 3.23. The molecule has 8 nitrogen and oxygen atoms in total. The summed E-state index contributed by atoms with van der Waals surface area (Å²) in [6, 6.07) is 3.92. The van der Waals surface area contributed by atoms with Gasteiger partial charge in [-0.05, 0) is 25.5 Å². The number of fused-ring (bicyclic) bond motifs is 1. The van der Waals surface area contributed by atoms with E-state index in [-0.39, 0.29) is 5.95 Å². The van der Waals surface area contributed by atoms with Crippen LogP contribution in [0.5, 0.6) is 0 Å². The van der Waals surface area contributed by atoms with Gasteiger partial charge in [0.2, 0.25) is 11.8 Å². The van der Waals surface area contributed by atoms with Gasteiger partial charge >= 0.3 is 0 Å². The molecule has 120 valence electrons.